The molecule has 4 rings (SSSR count). The molecule has 6 heteroatoms. The molecule has 2 N–H and O–H groups in total. The van der Waals surface area contributed by atoms with Crippen LogP contribution in [0.25, 0.3) is 10.9 Å². The van der Waals surface area contributed by atoms with E-state index in [0.717, 1.165) is 17.7 Å². The number of nitrogens with one attached hydrogen (secondary N) is 1. The Hall–Kier alpha value is -4.19. The molecule has 0 saturated carbocycles. The first kappa shape index (κ1) is 22.0. The largest absolute Gasteiger partial charge is 0.506 e. The van der Waals surface area contributed by atoms with Crippen molar-refractivity contribution >= 4 is 34.0 Å². The van der Waals surface area contributed by atoms with Crippen molar-refractivity contribution in [1.82, 2.24) is 4.98 Å². The second-order valence-corrected chi connectivity index (χ2v) is 7.75. The van der Waals surface area contributed by atoms with Gasteiger partial charge in [-0.2, -0.15) is 0 Å². The number of esters is 1. The van der Waals surface area contributed by atoms with Crippen LogP contribution >= 0.6 is 0 Å². The molecule has 0 aliphatic heterocycles. The number of rotatable bonds is 7. The standard InChI is InChI=1S/C27H24N2O4/c1-3-8-23(30)21-16-28-26-20(11-7-12-24(26)31)25(21)29-22-14-13-19(15-17(22)2)33-27(32)18-9-5-4-6-10-18/h4-7,9-16,31H,3,8H2,1-2H3,(H,28,29). The summed E-state index contributed by atoms with van der Waals surface area (Å²) >= 11 is 0. The summed E-state index contributed by atoms with van der Waals surface area (Å²) in [6, 6.07) is 19.2. The molecule has 0 aliphatic rings. The molecule has 0 radical (unpaired) electrons. The summed E-state index contributed by atoms with van der Waals surface area (Å²) in [5.41, 5.74) is 3.52. The first-order valence-corrected chi connectivity index (χ1v) is 10.8. The van der Waals surface area contributed by atoms with Gasteiger partial charge in [0.15, 0.2) is 5.78 Å². The molecule has 3 aromatic carbocycles. The highest BCUT2D eigenvalue weighted by atomic mass is 16.5. The van der Waals surface area contributed by atoms with E-state index in [1.807, 2.05) is 26.0 Å². The number of carbonyl (C=O) groups excluding carboxylic acids is 2. The molecule has 0 fully saturated rings. The third kappa shape index (κ3) is 4.70. The predicted molar refractivity (Wildman–Crippen MR) is 129 cm³/mol. The number of nitrogens with zero attached hydrogens (tertiary/aromatic N) is 1. The van der Waals surface area contributed by atoms with E-state index in [4.69, 9.17) is 4.74 Å². The summed E-state index contributed by atoms with van der Waals surface area (Å²) in [5, 5.41) is 14.2. The fourth-order valence-corrected chi connectivity index (χ4v) is 3.63. The lowest BCUT2D eigenvalue weighted by Gasteiger charge is -2.17. The van der Waals surface area contributed by atoms with Crippen molar-refractivity contribution < 1.29 is 19.4 Å². The second kappa shape index (κ2) is 9.53. The van der Waals surface area contributed by atoms with Gasteiger partial charge in [-0.3, -0.25) is 9.78 Å². The number of hydrogen-bond acceptors (Lipinski definition) is 6. The van der Waals surface area contributed by atoms with Crippen LogP contribution in [0.15, 0.2) is 72.9 Å². The number of para-hydroxylation sites is 1. The molecule has 0 aliphatic carbocycles. The Morgan fingerprint density at radius 3 is 2.55 bits per heavy atom. The Bertz CT molecular complexity index is 1330. The number of ether oxygens (including phenoxy) is 1. The normalized spacial score (nSPS) is 10.7. The summed E-state index contributed by atoms with van der Waals surface area (Å²) < 4.78 is 5.50. The fraction of sp³-hybridized carbons (Fsp3) is 0.148. The van der Waals surface area contributed by atoms with Crippen molar-refractivity contribution in [3.05, 3.63) is 89.6 Å². The highest BCUT2D eigenvalue weighted by molar-refractivity contribution is 6.09. The van der Waals surface area contributed by atoms with Crippen LogP contribution in [0.3, 0.4) is 0 Å². The third-order valence-corrected chi connectivity index (χ3v) is 5.33. The van der Waals surface area contributed by atoms with Crippen LogP contribution in [0.2, 0.25) is 0 Å². The quantitative estimate of drug-likeness (QED) is 0.202. The minimum absolute atomic E-state index is 0.0243. The van der Waals surface area contributed by atoms with Crippen LogP contribution in [-0.4, -0.2) is 21.8 Å². The Labute approximate surface area is 191 Å². The average Bonchev–Trinajstić information content (AvgIpc) is 2.82. The minimum Gasteiger partial charge on any atom is -0.506 e. The van der Waals surface area contributed by atoms with E-state index in [1.165, 1.54) is 6.20 Å². The molecule has 1 aromatic heterocycles. The van der Waals surface area contributed by atoms with Gasteiger partial charge in [-0.05, 0) is 55.3 Å². The number of carbonyl (C=O) groups is 2. The average molecular weight is 440 g/mol. The maximum absolute atomic E-state index is 12.8. The smallest absolute Gasteiger partial charge is 0.343 e. The van der Waals surface area contributed by atoms with Gasteiger partial charge in [0, 0.05) is 23.7 Å². The van der Waals surface area contributed by atoms with Crippen LogP contribution in [-0.2, 0) is 0 Å². The van der Waals surface area contributed by atoms with Gasteiger partial charge >= 0.3 is 5.97 Å². The fourth-order valence-electron chi connectivity index (χ4n) is 3.63. The van der Waals surface area contributed by atoms with E-state index < -0.39 is 5.97 Å². The molecule has 0 unspecified atom stereocenters. The number of hydrogen-bond donors (Lipinski definition) is 2. The number of aromatic nitrogens is 1. The van der Waals surface area contributed by atoms with Crippen LogP contribution in [0.1, 0.15) is 46.0 Å². The Balaban J connectivity index is 1.68. The summed E-state index contributed by atoms with van der Waals surface area (Å²) in [6.07, 6.45) is 2.62. The molecule has 0 amide bonds. The summed E-state index contributed by atoms with van der Waals surface area (Å²) in [4.78, 5) is 29.5. The third-order valence-electron chi connectivity index (χ3n) is 5.33. The number of anilines is 2. The van der Waals surface area contributed by atoms with Gasteiger partial charge in [0.1, 0.15) is 17.0 Å². The molecule has 6 nitrogen and oxygen atoms in total. The van der Waals surface area contributed by atoms with Gasteiger partial charge in [0.05, 0.1) is 16.8 Å². The van der Waals surface area contributed by atoms with Gasteiger partial charge in [0.25, 0.3) is 0 Å². The van der Waals surface area contributed by atoms with Crippen LogP contribution in [0.4, 0.5) is 11.4 Å². The number of phenolic OH excluding ortho intramolecular Hbond substituents is 1. The van der Waals surface area contributed by atoms with E-state index in [2.05, 4.69) is 10.3 Å². The van der Waals surface area contributed by atoms with E-state index in [9.17, 15) is 14.7 Å². The Morgan fingerprint density at radius 1 is 1.03 bits per heavy atom. The van der Waals surface area contributed by atoms with Crippen LogP contribution in [0, 0.1) is 6.92 Å². The number of aromatic hydroxyl groups is 1. The lowest BCUT2D eigenvalue weighted by molar-refractivity contribution is 0.0734. The zero-order valence-corrected chi connectivity index (χ0v) is 18.5. The second-order valence-electron chi connectivity index (χ2n) is 7.75. The molecule has 166 valence electrons. The SMILES string of the molecule is CCCC(=O)c1cnc2c(O)cccc2c1Nc1ccc(OC(=O)c2ccccc2)cc1C. The molecule has 0 spiro atoms. The maximum Gasteiger partial charge on any atom is 0.343 e. The van der Waals surface area contributed by atoms with E-state index in [0.29, 0.717) is 39.9 Å². The molecule has 0 saturated heterocycles. The molecule has 4 aromatic rings. The highest BCUT2D eigenvalue weighted by Crippen LogP contribution is 2.35. The van der Waals surface area contributed by atoms with Gasteiger partial charge in [0.2, 0.25) is 0 Å². The predicted octanol–water partition coefficient (Wildman–Crippen LogP) is 6.19. The molecular weight excluding hydrogens is 416 g/mol. The maximum atomic E-state index is 12.8. The van der Waals surface area contributed by atoms with Gasteiger partial charge < -0.3 is 15.2 Å². The van der Waals surface area contributed by atoms with Crippen molar-refractivity contribution in [3.8, 4) is 11.5 Å². The van der Waals surface area contributed by atoms with Crippen LogP contribution in [0.5, 0.6) is 11.5 Å². The van der Waals surface area contributed by atoms with E-state index in [-0.39, 0.29) is 11.5 Å². The first-order chi connectivity index (χ1) is 16.0. The van der Waals surface area contributed by atoms with E-state index in [1.54, 1.807) is 54.6 Å². The summed E-state index contributed by atoms with van der Waals surface area (Å²) in [7, 11) is 0. The van der Waals surface area contributed by atoms with Crippen molar-refractivity contribution in [2.45, 2.75) is 26.7 Å². The zero-order chi connectivity index (χ0) is 23.4. The van der Waals surface area contributed by atoms with Crippen LogP contribution < -0.4 is 10.1 Å². The minimum atomic E-state index is -0.432. The van der Waals surface area contributed by atoms with Crippen molar-refractivity contribution in [2.24, 2.45) is 0 Å². The van der Waals surface area contributed by atoms with Gasteiger partial charge in [-0.1, -0.05) is 37.3 Å². The molecular formula is C27H24N2O4. The number of pyridine rings is 1. The highest BCUT2D eigenvalue weighted by Gasteiger charge is 2.18. The topological polar surface area (TPSA) is 88.5 Å². The monoisotopic (exact) mass is 440 g/mol. The number of Topliss-reactive ketones (excluding diaryl/α,β-unsaturated/α-hetero) is 1. The van der Waals surface area contributed by atoms with Crippen molar-refractivity contribution in [3.63, 3.8) is 0 Å². The Morgan fingerprint density at radius 2 is 1.82 bits per heavy atom. The number of benzene rings is 3. The lowest BCUT2D eigenvalue weighted by atomic mass is 10.0. The lowest BCUT2D eigenvalue weighted by Crippen LogP contribution is -2.09. The van der Waals surface area contributed by atoms with Gasteiger partial charge in [-0.25, -0.2) is 4.79 Å². The molecule has 0 atom stereocenters. The number of ketones is 1. The molecule has 33 heavy (non-hydrogen) atoms. The van der Waals surface area contributed by atoms with Crippen molar-refractivity contribution in [1.29, 1.82) is 0 Å². The van der Waals surface area contributed by atoms with Crippen molar-refractivity contribution in [2.75, 3.05) is 5.32 Å². The molecule has 0 bridgehead atoms. The Kier molecular flexibility index (Phi) is 6.36. The summed E-state index contributed by atoms with van der Waals surface area (Å²) in [6.45, 7) is 3.83. The number of phenols is 1. The molecule has 1 heterocycles. The number of fused-ring (bicyclic) bond motifs is 1. The first-order valence-electron chi connectivity index (χ1n) is 10.8. The zero-order valence-electron chi connectivity index (χ0n) is 18.5. The van der Waals surface area contributed by atoms with E-state index >= 15 is 0 Å². The number of aryl methyl sites for hydroxylation is 1. The van der Waals surface area contributed by atoms with Gasteiger partial charge in [-0.15, -0.1) is 0 Å². The summed E-state index contributed by atoms with van der Waals surface area (Å²) in [5.74, 6) is 0.0129.